The van der Waals surface area contributed by atoms with Crippen molar-refractivity contribution < 1.29 is 29.6 Å². The minimum Gasteiger partial charge on any atom is -0.388 e. The quantitative estimate of drug-likeness (QED) is 0.349. The number of carbonyl (C=O) groups is 1. The van der Waals surface area contributed by atoms with Gasteiger partial charge in [-0.2, -0.15) is 0 Å². The zero-order valence-corrected chi connectivity index (χ0v) is 21.9. The number of benzene rings is 1. The van der Waals surface area contributed by atoms with Crippen molar-refractivity contribution in [3.63, 3.8) is 0 Å². The molecule has 4 rings (SSSR count). The lowest BCUT2D eigenvalue weighted by atomic mass is 9.85. The van der Waals surface area contributed by atoms with Crippen LogP contribution in [0.3, 0.4) is 0 Å². The second-order valence-electron chi connectivity index (χ2n) is 10.0. The molecule has 0 aliphatic carbocycles. The van der Waals surface area contributed by atoms with Crippen LogP contribution in [-0.4, -0.2) is 94.1 Å². The minimum atomic E-state index is -1.40. The molecule has 0 spiro atoms. The third kappa shape index (κ3) is 5.83. The van der Waals surface area contributed by atoms with Crippen LogP contribution >= 0.6 is 23.4 Å². The van der Waals surface area contributed by atoms with Crippen molar-refractivity contribution in [1.82, 2.24) is 10.6 Å². The highest BCUT2D eigenvalue weighted by molar-refractivity contribution is 7.99. The maximum absolute atomic E-state index is 13.4. The van der Waals surface area contributed by atoms with Crippen molar-refractivity contribution in [2.24, 2.45) is 5.92 Å². The number of hydrogen-bond acceptors (Lipinski definition) is 8. The highest BCUT2D eigenvalue weighted by Gasteiger charge is 2.49. The molecule has 0 radical (unpaired) electrons. The Kier molecular flexibility index (Phi) is 9.03. The van der Waals surface area contributed by atoms with Gasteiger partial charge in [0.15, 0.2) is 0 Å². The van der Waals surface area contributed by atoms with Gasteiger partial charge in [-0.25, -0.2) is 0 Å². The van der Waals surface area contributed by atoms with Crippen LogP contribution in [0.5, 0.6) is 0 Å². The van der Waals surface area contributed by atoms with E-state index in [0.717, 1.165) is 12.8 Å². The summed E-state index contributed by atoms with van der Waals surface area (Å²) in [6.45, 7) is 5.03. The molecule has 5 unspecified atom stereocenters. The molecule has 1 aromatic carbocycles. The van der Waals surface area contributed by atoms with Crippen molar-refractivity contribution in [3.05, 3.63) is 35.4 Å². The van der Waals surface area contributed by atoms with Crippen molar-refractivity contribution in [2.75, 3.05) is 19.4 Å². The average molecular weight is 529 g/mol. The number of halogens is 1. The van der Waals surface area contributed by atoms with Gasteiger partial charge in [0.2, 0.25) is 5.91 Å². The number of nitrogens with one attached hydrogen (secondary N) is 2. The van der Waals surface area contributed by atoms with Crippen LogP contribution in [0.4, 0.5) is 0 Å². The molecule has 10 heteroatoms. The zero-order valence-electron chi connectivity index (χ0n) is 20.3. The maximum atomic E-state index is 13.4. The van der Waals surface area contributed by atoms with Gasteiger partial charge in [-0.3, -0.25) is 4.79 Å². The predicted molar refractivity (Wildman–Crippen MR) is 136 cm³/mol. The number of alkyl halides is 1. The molecule has 3 aliphatic heterocycles. The first-order valence-electron chi connectivity index (χ1n) is 12.3. The Labute approximate surface area is 216 Å². The number of amides is 1. The van der Waals surface area contributed by atoms with E-state index < -0.39 is 47.3 Å². The Morgan fingerprint density at radius 3 is 2.57 bits per heavy atom. The van der Waals surface area contributed by atoms with Gasteiger partial charge in [-0.1, -0.05) is 29.8 Å². The van der Waals surface area contributed by atoms with Gasteiger partial charge < -0.3 is 35.4 Å². The molecular weight excluding hydrogens is 492 g/mol. The largest absolute Gasteiger partial charge is 0.388 e. The number of thioether (sulfide) groups is 1. The summed E-state index contributed by atoms with van der Waals surface area (Å²) in [4.78, 5) is 13.4. The predicted octanol–water partition coefficient (Wildman–Crippen LogP) is 1.13. The van der Waals surface area contributed by atoms with Crippen LogP contribution in [0.15, 0.2) is 24.3 Å². The van der Waals surface area contributed by atoms with E-state index in [4.69, 9.17) is 21.1 Å². The summed E-state index contributed by atoms with van der Waals surface area (Å²) >= 11 is 7.64. The lowest BCUT2D eigenvalue weighted by Crippen LogP contribution is -2.65. The normalized spacial score (nSPS) is 39.3. The molecular formula is C25H37ClN2O6S. The first kappa shape index (κ1) is 27.1. The van der Waals surface area contributed by atoms with Crippen molar-refractivity contribution in [1.29, 1.82) is 0 Å². The first-order valence-corrected chi connectivity index (χ1v) is 14.0. The SMILES string of the molecule is CSC1OC([C@H](NC(=O)[C@H]2NC[C@@H]3C[C@H](c4ccc(C)cc4)CCO[C@H]32)[C@H](C)Cl)C(O)C(O)C1O. The van der Waals surface area contributed by atoms with Crippen LogP contribution < -0.4 is 10.6 Å². The molecule has 3 aliphatic rings. The van der Waals surface area contributed by atoms with Gasteiger partial charge >= 0.3 is 0 Å². The lowest BCUT2D eigenvalue weighted by Gasteiger charge is -2.44. The van der Waals surface area contributed by atoms with E-state index in [1.54, 1.807) is 13.2 Å². The topological polar surface area (TPSA) is 120 Å². The number of fused-ring (bicyclic) bond motifs is 1. The second-order valence-corrected chi connectivity index (χ2v) is 11.6. The van der Waals surface area contributed by atoms with Gasteiger partial charge in [-0.15, -0.1) is 23.4 Å². The molecule has 35 heavy (non-hydrogen) atoms. The van der Waals surface area contributed by atoms with Gasteiger partial charge in [0.1, 0.15) is 35.9 Å². The van der Waals surface area contributed by atoms with E-state index in [9.17, 15) is 20.1 Å². The van der Waals surface area contributed by atoms with E-state index in [0.29, 0.717) is 19.1 Å². The highest BCUT2D eigenvalue weighted by Crippen LogP contribution is 2.36. The molecule has 196 valence electrons. The molecule has 0 aromatic heterocycles. The summed E-state index contributed by atoms with van der Waals surface area (Å²) in [6, 6.07) is 7.30. The fourth-order valence-corrected chi connectivity index (χ4v) is 6.41. The van der Waals surface area contributed by atoms with Gasteiger partial charge in [0.05, 0.1) is 17.5 Å². The molecule has 0 bridgehead atoms. The van der Waals surface area contributed by atoms with Gasteiger partial charge in [-0.05, 0) is 44.4 Å². The molecule has 1 aromatic rings. The second kappa shape index (κ2) is 11.6. The van der Waals surface area contributed by atoms with E-state index in [1.165, 1.54) is 22.9 Å². The Balaban J connectivity index is 1.44. The van der Waals surface area contributed by atoms with Crippen LogP contribution in [0, 0.1) is 12.8 Å². The number of aliphatic hydroxyl groups is 3. The zero-order chi connectivity index (χ0) is 25.3. The molecule has 3 saturated heterocycles. The van der Waals surface area contributed by atoms with Crippen LogP contribution in [0.2, 0.25) is 0 Å². The van der Waals surface area contributed by atoms with Gasteiger partial charge in [0, 0.05) is 19.1 Å². The molecule has 11 atom stereocenters. The molecule has 8 nitrogen and oxygen atoms in total. The third-order valence-corrected chi connectivity index (χ3v) is 8.71. The Hall–Kier alpha value is -0.910. The average Bonchev–Trinajstić information content (AvgIpc) is 3.12. The number of ether oxygens (including phenoxy) is 2. The van der Waals surface area contributed by atoms with E-state index >= 15 is 0 Å². The number of aryl methyl sites for hydroxylation is 1. The Morgan fingerprint density at radius 1 is 1.20 bits per heavy atom. The monoisotopic (exact) mass is 528 g/mol. The van der Waals surface area contributed by atoms with Crippen LogP contribution in [-0.2, 0) is 14.3 Å². The number of aliphatic hydroxyl groups excluding tert-OH is 3. The molecule has 5 N–H and O–H groups in total. The van der Waals surface area contributed by atoms with E-state index in [-0.39, 0.29) is 17.9 Å². The fraction of sp³-hybridized carbons (Fsp3) is 0.720. The third-order valence-electron chi connectivity index (χ3n) is 7.58. The first-order chi connectivity index (χ1) is 16.7. The molecule has 3 fully saturated rings. The van der Waals surface area contributed by atoms with Crippen LogP contribution in [0.1, 0.15) is 36.8 Å². The molecule has 3 heterocycles. The van der Waals surface area contributed by atoms with Crippen molar-refractivity contribution in [3.8, 4) is 0 Å². The Morgan fingerprint density at radius 2 is 1.91 bits per heavy atom. The summed E-state index contributed by atoms with van der Waals surface area (Å²) in [5.74, 6) is 0.300. The lowest BCUT2D eigenvalue weighted by molar-refractivity contribution is -0.205. The molecule has 0 saturated carbocycles. The smallest absolute Gasteiger partial charge is 0.240 e. The number of rotatable bonds is 6. The summed E-state index contributed by atoms with van der Waals surface area (Å²) in [5, 5.41) is 36.8. The minimum absolute atomic E-state index is 0.195. The van der Waals surface area contributed by atoms with Crippen molar-refractivity contribution >= 4 is 29.3 Å². The van der Waals surface area contributed by atoms with E-state index in [1.807, 2.05) is 0 Å². The molecule has 1 amide bonds. The fourth-order valence-electron chi connectivity index (χ4n) is 5.52. The van der Waals surface area contributed by atoms with E-state index in [2.05, 4.69) is 41.8 Å². The number of carbonyl (C=O) groups excluding carboxylic acids is 1. The summed E-state index contributed by atoms with van der Waals surface area (Å²) in [5.41, 5.74) is 1.79. The standard InChI is InChI=1S/C25H37ClN2O6S/c1-12-4-6-14(7-5-12)15-8-9-33-22-16(10-15)11-27-18(22)24(32)28-17(13(2)26)23-20(30)19(29)21(31)25(34-23)35-3/h4-7,13,15-23,25,27,29-31H,8-11H2,1-3H3,(H,28,32)/t13-,15+,16-,17+,18-,19?,20?,21?,22+,23?,25?/m0/s1. The summed E-state index contributed by atoms with van der Waals surface area (Å²) in [6.07, 6.45) is -1.69. The highest BCUT2D eigenvalue weighted by atomic mass is 35.5. The summed E-state index contributed by atoms with van der Waals surface area (Å²) in [7, 11) is 0. The Bertz CT molecular complexity index is 859. The maximum Gasteiger partial charge on any atom is 0.240 e. The van der Waals surface area contributed by atoms with Crippen LogP contribution in [0.25, 0.3) is 0 Å². The summed E-state index contributed by atoms with van der Waals surface area (Å²) < 4.78 is 12.1. The van der Waals surface area contributed by atoms with Crippen molar-refractivity contribution in [2.45, 2.75) is 86.0 Å². The van der Waals surface area contributed by atoms with Gasteiger partial charge in [0.25, 0.3) is 0 Å². The number of hydrogen-bond donors (Lipinski definition) is 5.